The molecule has 2 rings (SSSR count). The third kappa shape index (κ3) is 2.25. The molecule has 1 amide bonds. The highest BCUT2D eigenvalue weighted by atomic mass is 16.2. The lowest BCUT2D eigenvalue weighted by Gasteiger charge is -2.20. The van der Waals surface area contributed by atoms with Gasteiger partial charge in [0.25, 0.3) is 0 Å². The molecule has 2 aliphatic heterocycles. The predicted octanol–water partition coefficient (Wildman–Crippen LogP) is -0.358. The molecule has 0 aromatic carbocycles. The van der Waals surface area contributed by atoms with Crippen molar-refractivity contribution in [2.45, 2.75) is 25.3 Å². The molecule has 80 valence electrons. The third-order valence-corrected chi connectivity index (χ3v) is 3.13. The molecule has 2 heterocycles. The van der Waals surface area contributed by atoms with E-state index in [1.54, 1.807) is 0 Å². The molecule has 0 bridgehead atoms. The van der Waals surface area contributed by atoms with Crippen molar-refractivity contribution in [2.24, 2.45) is 5.73 Å². The summed E-state index contributed by atoms with van der Waals surface area (Å²) in [6, 6.07) is 0.279. The normalized spacial score (nSPS) is 28.6. The van der Waals surface area contributed by atoms with Crippen LogP contribution in [0.1, 0.15) is 19.3 Å². The minimum absolute atomic E-state index is 0.279. The molecule has 14 heavy (non-hydrogen) atoms. The van der Waals surface area contributed by atoms with Crippen LogP contribution in [0.25, 0.3) is 0 Å². The Labute approximate surface area is 85.0 Å². The van der Waals surface area contributed by atoms with Crippen LogP contribution in [0, 0.1) is 0 Å². The summed E-state index contributed by atoms with van der Waals surface area (Å²) in [5, 5.41) is 0. The van der Waals surface area contributed by atoms with Gasteiger partial charge in [0.1, 0.15) is 0 Å². The Morgan fingerprint density at radius 2 is 2.00 bits per heavy atom. The quantitative estimate of drug-likeness (QED) is 0.658. The van der Waals surface area contributed by atoms with Gasteiger partial charge in [-0.15, -0.1) is 0 Å². The fourth-order valence-electron chi connectivity index (χ4n) is 2.26. The SMILES string of the molecule is N[C@H]1CCN(CC(=O)N2CCCC2)C1. The van der Waals surface area contributed by atoms with E-state index in [1.807, 2.05) is 4.90 Å². The lowest BCUT2D eigenvalue weighted by molar-refractivity contribution is -0.131. The average molecular weight is 197 g/mol. The predicted molar refractivity (Wildman–Crippen MR) is 54.8 cm³/mol. The molecule has 2 N–H and O–H groups in total. The van der Waals surface area contributed by atoms with Crippen molar-refractivity contribution in [3.8, 4) is 0 Å². The summed E-state index contributed by atoms with van der Waals surface area (Å²) in [5.74, 6) is 0.289. The number of amides is 1. The van der Waals surface area contributed by atoms with Crippen LogP contribution in [0.15, 0.2) is 0 Å². The second-order valence-corrected chi connectivity index (χ2v) is 4.37. The van der Waals surface area contributed by atoms with Crippen molar-refractivity contribution in [3.05, 3.63) is 0 Å². The molecule has 0 aliphatic carbocycles. The lowest BCUT2D eigenvalue weighted by Crippen LogP contribution is -2.38. The van der Waals surface area contributed by atoms with Crippen LogP contribution in [-0.4, -0.2) is 54.5 Å². The smallest absolute Gasteiger partial charge is 0.236 e. The van der Waals surface area contributed by atoms with Gasteiger partial charge in [-0.3, -0.25) is 9.69 Å². The fourth-order valence-corrected chi connectivity index (χ4v) is 2.26. The van der Waals surface area contributed by atoms with Gasteiger partial charge < -0.3 is 10.6 Å². The average Bonchev–Trinajstić information content (AvgIpc) is 2.75. The number of nitrogens with two attached hydrogens (primary N) is 1. The van der Waals surface area contributed by atoms with Crippen molar-refractivity contribution >= 4 is 5.91 Å². The number of hydrogen-bond acceptors (Lipinski definition) is 3. The topological polar surface area (TPSA) is 49.6 Å². The van der Waals surface area contributed by atoms with Gasteiger partial charge in [0.15, 0.2) is 0 Å². The molecule has 0 aromatic heterocycles. The summed E-state index contributed by atoms with van der Waals surface area (Å²) in [6.45, 7) is 4.37. The van der Waals surface area contributed by atoms with E-state index >= 15 is 0 Å². The molecule has 0 unspecified atom stereocenters. The van der Waals surface area contributed by atoms with Crippen molar-refractivity contribution in [3.63, 3.8) is 0 Å². The molecule has 4 nitrogen and oxygen atoms in total. The number of rotatable bonds is 2. The van der Waals surface area contributed by atoms with E-state index in [0.29, 0.717) is 6.54 Å². The summed E-state index contributed by atoms with van der Waals surface area (Å²) in [6.07, 6.45) is 3.38. The summed E-state index contributed by atoms with van der Waals surface area (Å²) in [5.41, 5.74) is 5.79. The van der Waals surface area contributed by atoms with Gasteiger partial charge in [0, 0.05) is 32.2 Å². The second-order valence-electron chi connectivity index (χ2n) is 4.37. The Kier molecular flexibility index (Phi) is 3.03. The number of carbonyl (C=O) groups is 1. The van der Waals surface area contributed by atoms with Gasteiger partial charge >= 0.3 is 0 Å². The highest BCUT2D eigenvalue weighted by molar-refractivity contribution is 5.78. The first-order valence-electron chi connectivity index (χ1n) is 5.51. The number of hydrogen-bond donors (Lipinski definition) is 1. The minimum atomic E-state index is 0.279. The van der Waals surface area contributed by atoms with Crippen LogP contribution >= 0.6 is 0 Å². The Morgan fingerprint density at radius 3 is 2.57 bits per heavy atom. The van der Waals surface area contributed by atoms with E-state index < -0.39 is 0 Å². The Morgan fingerprint density at radius 1 is 1.29 bits per heavy atom. The first kappa shape index (κ1) is 9.93. The summed E-state index contributed by atoms with van der Waals surface area (Å²) in [4.78, 5) is 15.9. The molecule has 2 saturated heterocycles. The summed E-state index contributed by atoms with van der Waals surface area (Å²) in [7, 11) is 0. The zero-order valence-electron chi connectivity index (χ0n) is 8.61. The molecular formula is C10H19N3O. The van der Waals surface area contributed by atoms with Crippen molar-refractivity contribution in [1.29, 1.82) is 0 Å². The molecule has 0 radical (unpaired) electrons. The van der Waals surface area contributed by atoms with Crippen molar-refractivity contribution in [1.82, 2.24) is 9.80 Å². The molecule has 2 fully saturated rings. The zero-order valence-corrected chi connectivity index (χ0v) is 8.61. The van der Waals surface area contributed by atoms with E-state index in [9.17, 15) is 4.79 Å². The monoisotopic (exact) mass is 197 g/mol. The molecular weight excluding hydrogens is 178 g/mol. The highest BCUT2D eigenvalue weighted by Gasteiger charge is 2.24. The molecule has 2 aliphatic rings. The number of nitrogens with zero attached hydrogens (tertiary/aromatic N) is 2. The van der Waals surface area contributed by atoms with Crippen LogP contribution in [-0.2, 0) is 4.79 Å². The van der Waals surface area contributed by atoms with Gasteiger partial charge in [-0.05, 0) is 19.3 Å². The Bertz CT molecular complexity index is 213. The van der Waals surface area contributed by atoms with Crippen molar-refractivity contribution in [2.75, 3.05) is 32.7 Å². The first-order valence-corrected chi connectivity index (χ1v) is 5.51. The van der Waals surface area contributed by atoms with E-state index in [1.165, 1.54) is 12.8 Å². The summed E-state index contributed by atoms with van der Waals surface area (Å²) < 4.78 is 0. The van der Waals surface area contributed by atoms with Gasteiger partial charge in [-0.1, -0.05) is 0 Å². The lowest BCUT2D eigenvalue weighted by atomic mass is 10.3. The van der Waals surface area contributed by atoms with Gasteiger partial charge in [-0.2, -0.15) is 0 Å². The maximum absolute atomic E-state index is 11.8. The van der Waals surface area contributed by atoms with E-state index in [-0.39, 0.29) is 11.9 Å². The summed E-state index contributed by atoms with van der Waals surface area (Å²) >= 11 is 0. The van der Waals surface area contributed by atoms with Crippen LogP contribution in [0.2, 0.25) is 0 Å². The Hall–Kier alpha value is -0.610. The molecule has 1 atom stereocenters. The van der Waals surface area contributed by atoms with Crippen LogP contribution in [0.5, 0.6) is 0 Å². The van der Waals surface area contributed by atoms with Crippen LogP contribution < -0.4 is 5.73 Å². The minimum Gasteiger partial charge on any atom is -0.342 e. The molecule has 4 heteroatoms. The highest BCUT2D eigenvalue weighted by Crippen LogP contribution is 2.10. The van der Waals surface area contributed by atoms with E-state index in [2.05, 4.69) is 4.90 Å². The number of carbonyl (C=O) groups excluding carboxylic acids is 1. The maximum Gasteiger partial charge on any atom is 0.236 e. The van der Waals surface area contributed by atoms with E-state index in [0.717, 1.165) is 32.6 Å². The molecule has 0 spiro atoms. The zero-order chi connectivity index (χ0) is 9.97. The second kappa shape index (κ2) is 4.28. The standard InChI is InChI=1S/C10H19N3O/c11-9-3-6-12(7-9)8-10(14)13-4-1-2-5-13/h9H,1-8,11H2/t9-/m0/s1. The largest absolute Gasteiger partial charge is 0.342 e. The third-order valence-electron chi connectivity index (χ3n) is 3.13. The molecule has 0 saturated carbocycles. The Balaban J connectivity index is 1.76. The van der Waals surface area contributed by atoms with Crippen LogP contribution in [0.3, 0.4) is 0 Å². The van der Waals surface area contributed by atoms with Gasteiger partial charge in [0.2, 0.25) is 5.91 Å². The molecule has 0 aromatic rings. The first-order chi connectivity index (χ1) is 6.75. The van der Waals surface area contributed by atoms with Gasteiger partial charge in [-0.25, -0.2) is 0 Å². The van der Waals surface area contributed by atoms with Crippen molar-refractivity contribution < 1.29 is 4.79 Å². The van der Waals surface area contributed by atoms with Gasteiger partial charge in [0.05, 0.1) is 6.54 Å². The number of likely N-dealkylation sites (tertiary alicyclic amines) is 2. The maximum atomic E-state index is 11.8. The van der Waals surface area contributed by atoms with E-state index in [4.69, 9.17) is 5.73 Å². The van der Waals surface area contributed by atoms with Crippen LogP contribution in [0.4, 0.5) is 0 Å². The fraction of sp³-hybridized carbons (Fsp3) is 0.900.